The fourth-order valence-corrected chi connectivity index (χ4v) is 3.41. The van der Waals surface area contributed by atoms with Crippen molar-refractivity contribution in [2.24, 2.45) is 0 Å². The molecule has 25 heavy (non-hydrogen) atoms. The Morgan fingerprint density at radius 3 is 2.76 bits per heavy atom. The number of rotatable bonds is 5. The third-order valence-electron chi connectivity index (χ3n) is 4.41. The van der Waals surface area contributed by atoms with Crippen LogP contribution >= 0.6 is 11.6 Å². The van der Waals surface area contributed by atoms with Crippen LogP contribution in [0, 0.1) is 0 Å². The fourth-order valence-electron chi connectivity index (χ4n) is 3.17. The first-order chi connectivity index (χ1) is 12.3. The van der Waals surface area contributed by atoms with Gasteiger partial charge in [-0.3, -0.25) is 9.88 Å². The molecule has 1 aromatic carbocycles. The second-order valence-electron chi connectivity index (χ2n) is 6.07. The lowest BCUT2D eigenvalue weighted by molar-refractivity contribution is 0.0357. The van der Waals surface area contributed by atoms with E-state index >= 15 is 0 Å². The first-order valence-corrected chi connectivity index (χ1v) is 9.00. The minimum absolute atomic E-state index is 0.494. The van der Waals surface area contributed by atoms with Crippen LogP contribution in [0.4, 0.5) is 0 Å². The quantitative estimate of drug-likeness (QED) is 0.760. The Morgan fingerprint density at radius 1 is 1.12 bits per heavy atom. The minimum Gasteiger partial charge on any atom is -0.489 e. The first kappa shape index (κ1) is 16.7. The Labute approximate surface area is 151 Å². The van der Waals surface area contributed by atoms with Crippen LogP contribution in [-0.2, 0) is 4.74 Å². The van der Waals surface area contributed by atoms with Gasteiger partial charge in [-0.1, -0.05) is 11.6 Å². The maximum atomic E-state index is 6.33. The summed E-state index contributed by atoms with van der Waals surface area (Å²) in [6.07, 6.45) is 2.62. The zero-order valence-electron chi connectivity index (χ0n) is 14.0. The molecule has 2 aromatic rings. The van der Waals surface area contributed by atoms with E-state index < -0.39 is 0 Å². The number of halogens is 1. The molecule has 6 nitrogen and oxygen atoms in total. The van der Waals surface area contributed by atoms with E-state index in [9.17, 15) is 0 Å². The molecule has 7 heteroatoms. The Morgan fingerprint density at radius 2 is 1.92 bits per heavy atom. The molecule has 0 amide bonds. The molecule has 2 aliphatic heterocycles. The number of hydrogen-bond donors (Lipinski definition) is 0. The molecule has 0 N–H and O–H groups in total. The van der Waals surface area contributed by atoms with Crippen LogP contribution in [0.2, 0.25) is 5.02 Å². The average molecular weight is 365 g/mol. The van der Waals surface area contributed by atoms with Crippen molar-refractivity contribution >= 4 is 22.5 Å². The van der Waals surface area contributed by atoms with Crippen molar-refractivity contribution in [2.45, 2.75) is 6.42 Å². The molecule has 2 aliphatic rings. The molecule has 0 radical (unpaired) electrons. The van der Waals surface area contributed by atoms with E-state index in [2.05, 4.69) is 9.88 Å². The molecule has 0 aliphatic carbocycles. The predicted octanol–water partition coefficient (Wildman–Crippen LogP) is 2.76. The summed E-state index contributed by atoms with van der Waals surface area (Å²) in [7, 11) is 0. The molecule has 0 unspecified atom stereocenters. The molecule has 134 valence electrons. The lowest BCUT2D eigenvalue weighted by atomic mass is 10.1. The van der Waals surface area contributed by atoms with E-state index in [1.807, 2.05) is 6.07 Å². The van der Waals surface area contributed by atoms with Gasteiger partial charge in [0.05, 0.1) is 35.7 Å². The lowest BCUT2D eigenvalue weighted by Crippen LogP contribution is -2.37. The maximum absolute atomic E-state index is 6.33. The van der Waals surface area contributed by atoms with Gasteiger partial charge in [0.1, 0.15) is 13.2 Å². The van der Waals surface area contributed by atoms with Crippen LogP contribution in [0.3, 0.4) is 0 Å². The van der Waals surface area contributed by atoms with E-state index in [0.717, 1.165) is 50.2 Å². The summed E-state index contributed by atoms with van der Waals surface area (Å²) in [4.78, 5) is 6.78. The molecule has 0 spiro atoms. The summed E-state index contributed by atoms with van der Waals surface area (Å²) >= 11 is 6.33. The zero-order valence-corrected chi connectivity index (χ0v) is 14.8. The van der Waals surface area contributed by atoms with Gasteiger partial charge in [0, 0.05) is 31.9 Å². The van der Waals surface area contributed by atoms with Crippen molar-refractivity contribution < 1.29 is 18.9 Å². The Kier molecular flexibility index (Phi) is 5.10. The van der Waals surface area contributed by atoms with Gasteiger partial charge in [0.25, 0.3) is 0 Å². The van der Waals surface area contributed by atoms with Gasteiger partial charge in [-0.25, -0.2) is 0 Å². The van der Waals surface area contributed by atoms with E-state index in [1.165, 1.54) is 0 Å². The number of hydrogen-bond acceptors (Lipinski definition) is 6. The van der Waals surface area contributed by atoms with Gasteiger partial charge in [0.2, 0.25) is 5.75 Å². The van der Waals surface area contributed by atoms with Crippen LogP contribution in [0.25, 0.3) is 10.9 Å². The van der Waals surface area contributed by atoms with E-state index in [-0.39, 0.29) is 0 Å². The van der Waals surface area contributed by atoms with E-state index in [4.69, 9.17) is 30.5 Å². The van der Waals surface area contributed by atoms with E-state index in [0.29, 0.717) is 42.1 Å². The maximum Gasteiger partial charge on any atom is 0.204 e. The van der Waals surface area contributed by atoms with Crippen molar-refractivity contribution in [1.82, 2.24) is 9.88 Å². The Bertz CT molecular complexity index is 749. The minimum atomic E-state index is 0.494. The molecule has 1 fully saturated rings. The summed E-state index contributed by atoms with van der Waals surface area (Å²) in [5, 5.41) is 1.38. The van der Waals surface area contributed by atoms with Crippen molar-refractivity contribution in [3.05, 3.63) is 23.4 Å². The first-order valence-electron chi connectivity index (χ1n) is 8.62. The smallest absolute Gasteiger partial charge is 0.204 e. The van der Waals surface area contributed by atoms with Crippen molar-refractivity contribution in [2.75, 3.05) is 52.7 Å². The van der Waals surface area contributed by atoms with Crippen molar-refractivity contribution in [1.29, 1.82) is 0 Å². The summed E-state index contributed by atoms with van der Waals surface area (Å²) in [6.45, 7) is 6.22. The van der Waals surface area contributed by atoms with Crippen LogP contribution in [0.15, 0.2) is 18.3 Å². The number of benzene rings is 1. The lowest BCUT2D eigenvalue weighted by Gasteiger charge is -2.26. The summed E-state index contributed by atoms with van der Waals surface area (Å²) < 4.78 is 23.0. The highest BCUT2D eigenvalue weighted by molar-refractivity contribution is 6.36. The summed E-state index contributed by atoms with van der Waals surface area (Å²) in [5.41, 5.74) is 0.750. The number of fused-ring (bicyclic) bond motifs is 3. The van der Waals surface area contributed by atoms with Crippen molar-refractivity contribution in [3.8, 4) is 17.2 Å². The SMILES string of the molecule is Clc1ccnc2cc(OCCCN3CCOCC3)c3c(c12)OCCO3. The summed E-state index contributed by atoms with van der Waals surface area (Å²) in [5.74, 6) is 1.92. The molecular weight excluding hydrogens is 344 g/mol. The molecule has 0 bridgehead atoms. The molecular formula is C18H21ClN2O4. The Balaban J connectivity index is 1.49. The van der Waals surface area contributed by atoms with Gasteiger partial charge in [0.15, 0.2) is 11.5 Å². The number of ether oxygens (including phenoxy) is 4. The zero-order chi connectivity index (χ0) is 17.1. The standard InChI is InChI=1S/C18H21ClN2O4/c19-13-2-3-20-14-12-15(17-18(16(13)14)25-11-10-24-17)23-7-1-4-21-5-8-22-9-6-21/h2-3,12H,1,4-11H2. The molecule has 1 aromatic heterocycles. The van der Waals surface area contributed by atoms with Crippen LogP contribution in [-0.4, -0.2) is 62.6 Å². The van der Waals surface area contributed by atoms with Gasteiger partial charge < -0.3 is 18.9 Å². The second-order valence-corrected chi connectivity index (χ2v) is 6.48. The molecule has 0 atom stereocenters. The Hall–Kier alpha value is -1.76. The predicted molar refractivity (Wildman–Crippen MR) is 95.1 cm³/mol. The number of pyridine rings is 1. The van der Waals surface area contributed by atoms with Crippen LogP contribution in [0.5, 0.6) is 17.2 Å². The molecule has 1 saturated heterocycles. The fraction of sp³-hybridized carbons (Fsp3) is 0.500. The largest absolute Gasteiger partial charge is 0.489 e. The van der Waals surface area contributed by atoms with Gasteiger partial charge in [-0.15, -0.1) is 0 Å². The number of aromatic nitrogens is 1. The average Bonchev–Trinajstić information content (AvgIpc) is 2.66. The highest BCUT2D eigenvalue weighted by Crippen LogP contribution is 2.46. The molecule has 0 saturated carbocycles. The highest BCUT2D eigenvalue weighted by atomic mass is 35.5. The van der Waals surface area contributed by atoms with Gasteiger partial charge in [-0.05, 0) is 12.5 Å². The van der Waals surface area contributed by atoms with Crippen LogP contribution < -0.4 is 14.2 Å². The second kappa shape index (κ2) is 7.64. The monoisotopic (exact) mass is 364 g/mol. The number of morpholine rings is 1. The highest BCUT2D eigenvalue weighted by Gasteiger charge is 2.23. The van der Waals surface area contributed by atoms with Crippen molar-refractivity contribution in [3.63, 3.8) is 0 Å². The number of nitrogens with zero attached hydrogens (tertiary/aromatic N) is 2. The normalized spacial score (nSPS) is 17.6. The van der Waals surface area contributed by atoms with Gasteiger partial charge >= 0.3 is 0 Å². The topological polar surface area (TPSA) is 53.1 Å². The summed E-state index contributed by atoms with van der Waals surface area (Å²) in [6, 6.07) is 3.63. The van der Waals surface area contributed by atoms with Crippen LogP contribution in [0.1, 0.15) is 6.42 Å². The third-order valence-corrected chi connectivity index (χ3v) is 4.73. The third kappa shape index (κ3) is 3.61. The van der Waals surface area contributed by atoms with Gasteiger partial charge in [-0.2, -0.15) is 0 Å². The van der Waals surface area contributed by atoms with E-state index in [1.54, 1.807) is 12.3 Å². The molecule has 3 heterocycles. The molecule has 4 rings (SSSR count).